The van der Waals surface area contributed by atoms with Crippen LogP contribution in [0.15, 0.2) is 18.2 Å². The maximum Gasteiger partial charge on any atom is 0.358 e. The second-order valence-corrected chi connectivity index (χ2v) is 8.68. The fourth-order valence-corrected chi connectivity index (χ4v) is 4.91. The van der Waals surface area contributed by atoms with Crippen molar-refractivity contribution in [3.63, 3.8) is 0 Å². The van der Waals surface area contributed by atoms with Crippen LogP contribution in [0.4, 0.5) is 11.6 Å². The monoisotopic (exact) mass is 421 g/mol. The molecular weight excluding hydrogens is 401 g/mol. The minimum absolute atomic E-state index is 0.115. The van der Waals surface area contributed by atoms with Crippen LogP contribution in [0.1, 0.15) is 43.1 Å². The Labute approximate surface area is 172 Å². The van der Waals surface area contributed by atoms with Crippen molar-refractivity contribution < 1.29 is 9.90 Å². The van der Waals surface area contributed by atoms with E-state index in [0.29, 0.717) is 16.4 Å². The van der Waals surface area contributed by atoms with Crippen LogP contribution in [0, 0.1) is 0 Å². The Morgan fingerprint density at radius 1 is 1.25 bits per heavy atom. The Morgan fingerprint density at radius 2 is 1.89 bits per heavy atom. The number of piperidine rings is 1. The van der Waals surface area contributed by atoms with E-state index in [4.69, 9.17) is 34.7 Å². The molecule has 5 N–H and O–H groups in total. The maximum atomic E-state index is 12.0. The molecule has 4 rings (SSSR count). The number of nitrogens with two attached hydrogens (primary N) is 2. The van der Waals surface area contributed by atoms with Crippen LogP contribution in [-0.2, 0) is 0 Å². The molecule has 1 aromatic carbocycles. The normalized spacial score (nSPS) is 26.5. The molecule has 2 atom stereocenters. The summed E-state index contributed by atoms with van der Waals surface area (Å²) in [4.78, 5) is 22.9. The first kappa shape index (κ1) is 19.2. The summed E-state index contributed by atoms with van der Waals surface area (Å²) in [6, 6.07) is 5.27. The molecule has 1 aromatic heterocycles. The molecule has 2 saturated heterocycles. The number of carboxylic acids is 1. The summed E-state index contributed by atoms with van der Waals surface area (Å²) in [7, 11) is 0. The minimum atomic E-state index is -1.16. The van der Waals surface area contributed by atoms with Gasteiger partial charge >= 0.3 is 5.97 Å². The molecule has 0 amide bonds. The van der Waals surface area contributed by atoms with E-state index in [-0.39, 0.29) is 39.9 Å². The lowest BCUT2D eigenvalue weighted by molar-refractivity contribution is 0.0690. The number of nitrogen functional groups attached to an aromatic ring is 1. The summed E-state index contributed by atoms with van der Waals surface area (Å²) < 4.78 is 0. The van der Waals surface area contributed by atoms with Crippen molar-refractivity contribution >= 4 is 40.8 Å². The summed E-state index contributed by atoms with van der Waals surface area (Å²) in [5, 5.41) is 10.4. The lowest BCUT2D eigenvalue weighted by Crippen LogP contribution is -2.54. The first-order valence-electron chi connectivity index (χ1n) is 9.10. The summed E-state index contributed by atoms with van der Waals surface area (Å²) >= 11 is 12.4. The van der Waals surface area contributed by atoms with E-state index in [9.17, 15) is 9.90 Å². The average molecular weight is 422 g/mol. The van der Waals surface area contributed by atoms with Gasteiger partial charge in [0.2, 0.25) is 0 Å². The molecule has 28 heavy (non-hydrogen) atoms. The molecule has 0 spiro atoms. The number of anilines is 2. The number of nitrogens with zero attached hydrogens (tertiary/aromatic N) is 3. The maximum absolute atomic E-state index is 12.0. The number of halogens is 2. The second-order valence-electron chi connectivity index (χ2n) is 7.89. The number of hydrogen-bond acceptors (Lipinski definition) is 6. The highest BCUT2D eigenvalue weighted by molar-refractivity contribution is 6.43. The highest BCUT2D eigenvalue weighted by Gasteiger charge is 2.46. The van der Waals surface area contributed by atoms with E-state index in [2.05, 4.69) is 9.97 Å². The molecule has 2 aromatic rings. The van der Waals surface area contributed by atoms with Crippen LogP contribution in [-0.4, -0.2) is 38.7 Å². The largest absolute Gasteiger partial charge is 0.476 e. The summed E-state index contributed by atoms with van der Waals surface area (Å²) in [5.41, 5.74) is 12.8. The first-order chi connectivity index (χ1) is 13.2. The minimum Gasteiger partial charge on any atom is -0.476 e. The Balaban J connectivity index is 1.83. The lowest BCUT2D eigenvalue weighted by atomic mass is 9.85. The quantitative estimate of drug-likeness (QED) is 0.692. The summed E-state index contributed by atoms with van der Waals surface area (Å²) in [6.07, 6.45) is 3.43. The highest BCUT2D eigenvalue weighted by Crippen LogP contribution is 2.44. The zero-order valence-electron chi connectivity index (χ0n) is 15.3. The molecule has 3 heterocycles. The van der Waals surface area contributed by atoms with Gasteiger partial charge in [-0.25, -0.2) is 14.8 Å². The van der Waals surface area contributed by atoms with Gasteiger partial charge in [-0.1, -0.05) is 35.3 Å². The van der Waals surface area contributed by atoms with Crippen molar-refractivity contribution in [1.29, 1.82) is 0 Å². The van der Waals surface area contributed by atoms with Crippen LogP contribution < -0.4 is 16.4 Å². The number of carboxylic acid groups (broad SMARTS) is 1. The molecule has 2 fully saturated rings. The number of fused-ring (bicyclic) bond motifs is 2. The smallest absolute Gasteiger partial charge is 0.358 e. The van der Waals surface area contributed by atoms with E-state index in [1.165, 1.54) is 0 Å². The van der Waals surface area contributed by atoms with Crippen molar-refractivity contribution in [2.75, 3.05) is 10.6 Å². The van der Waals surface area contributed by atoms with Gasteiger partial charge < -0.3 is 21.5 Å². The van der Waals surface area contributed by atoms with Crippen LogP contribution in [0.3, 0.4) is 0 Å². The van der Waals surface area contributed by atoms with Crippen molar-refractivity contribution in [2.45, 2.75) is 50.2 Å². The standard InChI is InChI=1S/C19H21Cl2N5O2/c1-19(23)7-9-5-6-10(8-19)26(9)17-15(18(27)28)24-14(16(22)25-17)11-3-2-4-12(20)13(11)21/h2-4,9-10H,5-8,23H2,1H3,(H2,22,25)(H,27,28). The van der Waals surface area contributed by atoms with Gasteiger partial charge in [-0.3, -0.25) is 0 Å². The molecule has 7 nitrogen and oxygen atoms in total. The van der Waals surface area contributed by atoms with Crippen LogP contribution in [0.2, 0.25) is 10.0 Å². The third kappa shape index (κ3) is 3.17. The Kier molecular flexibility index (Phi) is 4.64. The van der Waals surface area contributed by atoms with Crippen molar-refractivity contribution in [3.8, 4) is 11.3 Å². The van der Waals surface area contributed by atoms with E-state index in [1.807, 2.05) is 11.8 Å². The number of hydrogen-bond donors (Lipinski definition) is 3. The Hall–Kier alpha value is -2.09. The number of aromatic carboxylic acids is 1. The van der Waals surface area contributed by atoms with Crippen LogP contribution in [0.25, 0.3) is 11.3 Å². The molecule has 2 unspecified atom stereocenters. The fraction of sp³-hybridized carbons (Fsp3) is 0.421. The van der Waals surface area contributed by atoms with Gasteiger partial charge in [0.05, 0.1) is 10.0 Å². The van der Waals surface area contributed by atoms with Gasteiger partial charge in [0, 0.05) is 23.2 Å². The molecule has 2 aliphatic rings. The lowest BCUT2D eigenvalue weighted by Gasteiger charge is -2.43. The van der Waals surface area contributed by atoms with Gasteiger partial charge in [0.25, 0.3) is 0 Å². The van der Waals surface area contributed by atoms with Crippen LogP contribution in [0.5, 0.6) is 0 Å². The molecule has 0 aliphatic carbocycles. The molecule has 2 bridgehead atoms. The van der Waals surface area contributed by atoms with Gasteiger partial charge in [0.15, 0.2) is 17.3 Å². The molecule has 2 aliphatic heterocycles. The third-order valence-corrected chi connectivity index (χ3v) is 6.40. The second kappa shape index (κ2) is 6.76. The van der Waals surface area contributed by atoms with E-state index < -0.39 is 5.97 Å². The highest BCUT2D eigenvalue weighted by atomic mass is 35.5. The Bertz CT molecular complexity index is 950. The summed E-state index contributed by atoms with van der Waals surface area (Å²) in [6.45, 7) is 2.04. The molecule has 9 heteroatoms. The molecule has 148 valence electrons. The first-order valence-corrected chi connectivity index (χ1v) is 9.86. The average Bonchev–Trinajstić information content (AvgIpc) is 2.89. The molecule has 0 saturated carbocycles. The number of aromatic nitrogens is 2. The number of rotatable bonds is 3. The molecule has 0 radical (unpaired) electrons. The SMILES string of the molecule is CC1(N)CC2CCC(C1)N2c1nc(N)c(-c2cccc(Cl)c2Cl)nc1C(=O)O. The summed E-state index contributed by atoms with van der Waals surface area (Å²) in [5.74, 6) is -0.748. The van der Waals surface area contributed by atoms with Gasteiger partial charge in [-0.15, -0.1) is 0 Å². The third-order valence-electron chi connectivity index (χ3n) is 5.58. The van der Waals surface area contributed by atoms with Gasteiger partial charge in [0.1, 0.15) is 5.69 Å². The van der Waals surface area contributed by atoms with E-state index in [0.717, 1.165) is 25.7 Å². The van der Waals surface area contributed by atoms with E-state index >= 15 is 0 Å². The van der Waals surface area contributed by atoms with Crippen LogP contribution >= 0.6 is 23.2 Å². The Morgan fingerprint density at radius 3 is 2.50 bits per heavy atom. The number of benzene rings is 1. The van der Waals surface area contributed by atoms with Crippen molar-refractivity contribution in [2.24, 2.45) is 5.73 Å². The van der Waals surface area contributed by atoms with Crippen molar-refractivity contribution in [1.82, 2.24) is 9.97 Å². The predicted molar refractivity (Wildman–Crippen MR) is 110 cm³/mol. The topological polar surface area (TPSA) is 118 Å². The fourth-order valence-electron chi connectivity index (χ4n) is 4.52. The molecular formula is C19H21Cl2N5O2. The number of carbonyl (C=O) groups is 1. The van der Waals surface area contributed by atoms with Gasteiger partial charge in [-0.05, 0) is 38.7 Å². The predicted octanol–water partition coefficient (Wildman–Crippen LogP) is 3.58. The van der Waals surface area contributed by atoms with Crippen molar-refractivity contribution in [3.05, 3.63) is 33.9 Å². The zero-order chi connectivity index (χ0) is 20.2. The zero-order valence-corrected chi connectivity index (χ0v) is 16.8. The van der Waals surface area contributed by atoms with Gasteiger partial charge in [-0.2, -0.15) is 0 Å². The van der Waals surface area contributed by atoms with E-state index in [1.54, 1.807) is 18.2 Å².